The molecule has 2 amide bonds. The molecular weight excluding hydrogens is 342 g/mol. The number of carbonyl (C=O) groups is 2. The minimum atomic E-state index is -0.452. The Kier molecular flexibility index (Phi) is 6.08. The monoisotopic (exact) mass is 367 g/mol. The molecule has 0 saturated heterocycles. The van der Waals surface area contributed by atoms with E-state index in [9.17, 15) is 9.59 Å². The van der Waals surface area contributed by atoms with Gasteiger partial charge in [0.2, 0.25) is 11.8 Å². The van der Waals surface area contributed by atoms with E-state index < -0.39 is 11.9 Å². The van der Waals surface area contributed by atoms with Crippen LogP contribution in [-0.4, -0.2) is 43.0 Å². The van der Waals surface area contributed by atoms with E-state index in [1.54, 1.807) is 7.11 Å². The van der Waals surface area contributed by atoms with Crippen LogP contribution in [0.3, 0.4) is 0 Å². The maximum absolute atomic E-state index is 12.4. The lowest BCUT2D eigenvalue weighted by molar-refractivity contribution is -0.127. The molecule has 0 unspecified atom stereocenters. The topological polar surface area (TPSA) is 84.7 Å². The molecule has 1 aliphatic heterocycles. The summed E-state index contributed by atoms with van der Waals surface area (Å²) < 4.78 is 5.14. The summed E-state index contributed by atoms with van der Waals surface area (Å²) in [6.07, 6.45) is 1.28. The van der Waals surface area contributed by atoms with Crippen LogP contribution >= 0.6 is 0 Å². The zero-order chi connectivity index (χ0) is 19.2. The van der Waals surface area contributed by atoms with Gasteiger partial charge in [0, 0.05) is 13.1 Å². The van der Waals surface area contributed by atoms with Gasteiger partial charge in [-0.1, -0.05) is 36.4 Å². The first kappa shape index (κ1) is 18.9. The molecule has 0 aromatic heterocycles. The molecule has 6 heteroatoms. The van der Waals surface area contributed by atoms with Crippen LogP contribution in [0.5, 0.6) is 5.75 Å². The van der Waals surface area contributed by atoms with E-state index in [1.165, 1.54) is 0 Å². The molecule has 142 valence electrons. The summed E-state index contributed by atoms with van der Waals surface area (Å²) in [5, 5.41) is 2.93. The van der Waals surface area contributed by atoms with Crippen molar-refractivity contribution in [2.24, 2.45) is 5.73 Å². The van der Waals surface area contributed by atoms with Crippen molar-refractivity contribution in [2.45, 2.75) is 25.4 Å². The SMILES string of the molecule is COc1ccc(CCNC(=O)CN2Cc3ccccc3C[C@@H]2C(N)=O)cc1. The van der Waals surface area contributed by atoms with Crippen molar-refractivity contribution in [1.82, 2.24) is 10.2 Å². The smallest absolute Gasteiger partial charge is 0.235 e. The second kappa shape index (κ2) is 8.68. The Morgan fingerprint density at radius 2 is 1.85 bits per heavy atom. The highest BCUT2D eigenvalue weighted by atomic mass is 16.5. The molecule has 0 aliphatic carbocycles. The molecular formula is C21H25N3O3. The maximum atomic E-state index is 12.4. The highest BCUT2D eigenvalue weighted by Crippen LogP contribution is 2.22. The quantitative estimate of drug-likeness (QED) is 0.772. The van der Waals surface area contributed by atoms with Crippen molar-refractivity contribution in [1.29, 1.82) is 0 Å². The van der Waals surface area contributed by atoms with Gasteiger partial charge in [-0.05, 0) is 41.7 Å². The number of nitrogens with zero attached hydrogens (tertiary/aromatic N) is 1. The van der Waals surface area contributed by atoms with Crippen LogP contribution in [0.25, 0.3) is 0 Å². The predicted molar refractivity (Wildman–Crippen MR) is 103 cm³/mol. The Morgan fingerprint density at radius 3 is 2.52 bits per heavy atom. The molecule has 1 heterocycles. The van der Waals surface area contributed by atoms with Crippen molar-refractivity contribution in [3.8, 4) is 5.75 Å². The molecule has 2 aromatic carbocycles. The number of nitrogens with two attached hydrogens (primary N) is 1. The molecule has 0 spiro atoms. The molecule has 0 radical (unpaired) electrons. The Hall–Kier alpha value is -2.86. The maximum Gasteiger partial charge on any atom is 0.235 e. The molecule has 6 nitrogen and oxygen atoms in total. The summed E-state index contributed by atoms with van der Waals surface area (Å²) in [6, 6.07) is 15.3. The fourth-order valence-electron chi connectivity index (χ4n) is 3.40. The van der Waals surface area contributed by atoms with E-state index >= 15 is 0 Å². The molecule has 0 bridgehead atoms. The van der Waals surface area contributed by atoms with Crippen LogP contribution in [0.2, 0.25) is 0 Å². The van der Waals surface area contributed by atoms with Gasteiger partial charge in [0.15, 0.2) is 0 Å². The van der Waals surface area contributed by atoms with E-state index in [4.69, 9.17) is 10.5 Å². The number of nitrogens with one attached hydrogen (secondary N) is 1. The zero-order valence-electron chi connectivity index (χ0n) is 15.5. The summed E-state index contributed by atoms with van der Waals surface area (Å²) in [6.45, 7) is 1.25. The molecule has 1 aliphatic rings. The number of methoxy groups -OCH3 is 1. The van der Waals surface area contributed by atoms with E-state index in [1.807, 2.05) is 53.4 Å². The largest absolute Gasteiger partial charge is 0.497 e. The number of primary amides is 1. The number of hydrogen-bond acceptors (Lipinski definition) is 4. The molecule has 27 heavy (non-hydrogen) atoms. The molecule has 0 fully saturated rings. The van der Waals surface area contributed by atoms with E-state index in [0.717, 1.165) is 28.9 Å². The second-order valence-corrected chi connectivity index (χ2v) is 6.74. The summed E-state index contributed by atoms with van der Waals surface area (Å²) >= 11 is 0. The average Bonchev–Trinajstić information content (AvgIpc) is 2.68. The van der Waals surface area contributed by atoms with Crippen LogP contribution in [0.15, 0.2) is 48.5 Å². The third kappa shape index (κ3) is 4.86. The summed E-state index contributed by atoms with van der Waals surface area (Å²) in [4.78, 5) is 26.1. The summed E-state index contributed by atoms with van der Waals surface area (Å²) in [5.41, 5.74) is 8.95. The molecule has 1 atom stereocenters. The van der Waals surface area contributed by atoms with Crippen LogP contribution in [-0.2, 0) is 29.0 Å². The first-order chi connectivity index (χ1) is 13.1. The average molecular weight is 367 g/mol. The first-order valence-corrected chi connectivity index (χ1v) is 9.06. The number of carbonyl (C=O) groups excluding carboxylic acids is 2. The van der Waals surface area contributed by atoms with Gasteiger partial charge in [-0.2, -0.15) is 0 Å². The van der Waals surface area contributed by atoms with Gasteiger partial charge in [-0.3, -0.25) is 14.5 Å². The number of hydrogen-bond donors (Lipinski definition) is 2. The molecule has 0 saturated carbocycles. The Balaban J connectivity index is 1.53. The minimum Gasteiger partial charge on any atom is -0.497 e. The van der Waals surface area contributed by atoms with Crippen molar-refractivity contribution in [2.75, 3.05) is 20.2 Å². The normalized spacial score (nSPS) is 16.4. The fraction of sp³-hybridized carbons (Fsp3) is 0.333. The van der Waals surface area contributed by atoms with Crippen LogP contribution in [0.4, 0.5) is 0 Å². The zero-order valence-corrected chi connectivity index (χ0v) is 15.5. The third-order valence-corrected chi connectivity index (χ3v) is 4.92. The number of rotatable bonds is 7. The van der Waals surface area contributed by atoms with Crippen molar-refractivity contribution in [3.05, 3.63) is 65.2 Å². The summed E-state index contributed by atoms with van der Waals surface area (Å²) in [7, 11) is 1.63. The Bertz CT molecular complexity index is 805. The predicted octanol–water partition coefficient (Wildman–Crippen LogP) is 1.27. The van der Waals surface area contributed by atoms with E-state index in [-0.39, 0.29) is 12.5 Å². The van der Waals surface area contributed by atoms with Gasteiger partial charge in [0.1, 0.15) is 5.75 Å². The van der Waals surface area contributed by atoms with Crippen LogP contribution in [0, 0.1) is 0 Å². The first-order valence-electron chi connectivity index (χ1n) is 9.06. The van der Waals surface area contributed by atoms with Crippen molar-refractivity contribution >= 4 is 11.8 Å². The number of ether oxygens (including phenoxy) is 1. The molecule has 3 N–H and O–H groups in total. The number of fused-ring (bicyclic) bond motifs is 1. The third-order valence-electron chi connectivity index (χ3n) is 4.92. The van der Waals surface area contributed by atoms with Gasteiger partial charge in [0.25, 0.3) is 0 Å². The van der Waals surface area contributed by atoms with Crippen LogP contribution < -0.4 is 15.8 Å². The highest BCUT2D eigenvalue weighted by Gasteiger charge is 2.30. The Morgan fingerprint density at radius 1 is 1.15 bits per heavy atom. The van der Waals surface area contributed by atoms with Gasteiger partial charge >= 0.3 is 0 Å². The number of amides is 2. The Labute approximate surface area is 159 Å². The summed E-state index contributed by atoms with van der Waals surface area (Å²) in [5.74, 6) is 0.315. The number of benzene rings is 2. The lowest BCUT2D eigenvalue weighted by Crippen LogP contribution is -2.51. The van der Waals surface area contributed by atoms with E-state index in [0.29, 0.717) is 19.5 Å². The highest BCUT2D eigenvalue weighted by molar-refractivity contribution is 5.83. The lowest BCUT2D eigenvalue weighted by atomic mass is 9.93. The van der Waals surface area contributed by atoms with Crippen molar-refractivity contribution < 1.29 is 14.3 Å². The fourth-order valence-corrected chi connectivity index (χ4v) is 3.40. The van der Waals surface area contributed by atoms with Gasteiger partial charge in [-0.25, -0.2) is 0 Å². The standard InChI is InChI=1S/C21H25N3O3/c1-27-18-8-6-15(7-9-18)10-11-23-20(25)14-24-13-17-5-3-2-4-16(17)12-19(24)21(22)26/h2-9,19H,10-14H2,1H3,(H2,22,26)(H,23,25)/t19-/m1/s1. The molecule has 2 aromatic rings. The van der Waals surface area contributed by atoms with Crippen molar-refractivity contribution in [3.63, 3.8) is 0 Å². The van der Waals surface area contributed by atoms with Gasteiger partial charge in [-0.15, -0.1) is 0 Å². The minimum absolute atomic E-state index is 0.103. The second-order valence-electron chi connectivity index (χ2n) is 6.74. The van der Waals surface area contributed by atoms with Crippen LogP contribution in [0.1, 0.15) is 16.7 Å². The lowest BCUT2D eigenvalue weighted by Gasteiger charge is -2.34. The molecule has 3 rings (SSSR count). The van der Waals surface area contributed by atoms with Gasteiger partial charge < -0.3 is 15.8 Å². The van der Waals surface area contributed by atoms with Gasteiger partial charge in [0.05, 0.1) is 19.7 Å². The van der Waals surface area contributed by atoms with E-state index in [2.05, 4.69) is 5.32 Å².